The molecule has 0 fully saturated rings. The molecule has 0 saturated carbocycles. The van der Waals surface area contributed by atoms with Crippen LogP contribution in [0.15, 0.2) is 83.0 Å². The molecular formula is C26H23F6N5O5. The number of carboxylic acids is 2. The molecule has 0 saturated heterocycles. The molecule has 0 spiro atoms. The van der Waals surface area contributed by atoms with E-state index in [1.54, 1.807) is 30.5 Å². The highest BCUT2D eigenvalue weighted by Gasteiger charge is 2.38. The topological polar surface area (TPSA) is 180 Å². The third-order valence-electron chi connectivity index (χ3n) is 4.78. The fourth-order valence-electron chi connectivity index (χ4n) is 2.88. The van der Waals surface area contributed by atoms with Crippen LogP contribution in [0.4, 0.5) is 26.3 Å². The fourth-order valence-corrected chi connectivity index (χ4v) is 2.88. The van der Waals surface area contributed by atoms with Crippen molar-refractivity contribution in [1.29, 1.82) is 0 Å². The monoisotopic (exact) mass is 599 g/mol. The van der Waals surface area contributed by atoms with Gasteiger partial charge in [-0.05, 0) is 39.9 Å². The number of alkyl halides is 6. The van der Waals surface area contributed by atoms with Gasteiger partial charge in [0.05, 0.1) is 12.4 Å². The Balaban J connectivity index is 0.000000522. The van der Waals surface area contributed by atoms with E-state index in [-0.39, 0.29) is 5.91 Å². The molecule has 42 heavy (non-hydrogen) atoms. The molecule has 0 radical (unpaired) electrons. The number of hydrazone groups is 2. The van der Waals surface area contributed by atoms with Gasteiger partial charge in [0.1, 0.15) is 0 Å². The van der Waals surface area contributed by atoms with Gasteiger partial charge >= 0.3 is 24.3 Å². The molecule has 0 aliphatic rings. The number of benzene rings is 3. The predicted molar refractivity (Wildman–Crippen MR) is 140 cm³/mol. The van der Waals surface area contributed by atoms with Crippen LogP contribution in [0.3, 0.4) is 0 Å². The van der Waals surface area contributed by atoms with E-state index in [1.165, 1.54) is 6.21 Å². The average molecular weight is 599 g/mol. The lowest BCUT2D eigenvalue weighted by atomic mass is 9.98. The summed E-state index contributed by atoms with van der Waals surface area (Å²) in [5.74, 6) is 4.67. The third kappa shape index (κ3) is 12.2. The van der Waals surface area contributed by atoms with E-state index >= 15 is 0 Å². The summed E-state index contributed by atoms with van der Waals surface area (Å²) < 4.78 is 63.5. The van der Waals surface area contributed by atoms with E-state index < -0.39 is 24.3 Å². The number of carboxylic acid groups (broad SMARTS) is 2. The lowest BCUT2D eigenvalue weighted by molar-refractivity contribution is -0.193. The van der Waals surface area contributed by atoms with Crippen molar-refractivity contribution in [2.45, 2.75) is 18.9 Å². The van der Waals surface area contributed by atoms with Crippen molar-refractivity contribution in [1.82, 2.24) is 5.32 Å². The summed E-state index contributed by atoms with van der Waals surface area (Å²) in [5.41, 5.74) is 5.51. The maximum atomic E-state index is 12.5. The van der Waals surface area contributed by atoms with Gasteiger partial charge in [-0.25, -0.2) is 9.59 Å². The van der Waals surface area contributed by atoms with Crippen LogP contribution < -0.4 is 17.0 Å². The van der Waals surface area contributed by atoms with Gasteiger partial charge in [-0.15, -0.1) is 0 Å². The van der Waals surface area contributed by atoms with Crippen LogP contribution in [0.2, 0.25) is 0 Å². The highest BCUT2D eigenvalue weighted by Crippen LogP contribution is 2.24. The fraction of sp³-hybridized carbons (Fsp3) is 0.115. The van der Waals surface area contributed by atoms with Crippen LogP contribution in [0.1, 0.15) is 27.0 Å². The number of rotatable bonds is 6. The van der Waals surface area contributed by atoms with Crippen molar-refractivity contribution in [3.63, 3.8) is 0 Å². The summed E-state index contributed by atoms with van der Waals surface area (Å²) in [6, 6.07) is 23.0. The third-order valence-corrected chi connectivity index (χ3v) is 4.78. The quantitative estimate of drug-likeness (QED) is 0.122. The lowest BCUT2D eigenvalue weighted by Gasteiger charge is -2.11. The highest BCUT2D eigenvalue weighted by atomic mass is 19.4. The summed E-state index contributed by atoms with van der Waals surface area (Å²) in [6.45, 7) is 0.424. The summed E-state index contributed by atoms with van der Waals surface area (Å²) in [5, 5.41) is 24.2. The largest absolute Gasteiger partial charge is 0.490 e. The van der Waals surface area contributed by atoms with E-state index in [4.69, 9.17) is 31.5 Å². The standard InChI is InChI=1S/C22H21N5O.2C2HF3O2/c23-26-13-16-5-9-18(10-6-16)21-4-2-1-3-20(21)15-25-22(28)19-11-7-17(8-12-19)14-27-24;2*3-2(4,5)1(6)7/h1-14H,15,23-24H2,(H,25,28);2*(H,6,7). The summed E-state index contributed by atoms with van der Waals surface area (Å²) in [7, 11) is 0. The van der Waals surface area contributed by atoms with Gasteiger partial charge < -0.3 is 27.2 Å². The first-order valence-electron chi connectivity index (χ1n) is 11.2. The van der Waals surface area contributed by atoms with Crippen LogP contribution in [-0.4, -0.2) is 52.8 Å². The Morgan fingerprint density at radius 1 is 0.714 bits per heavy atom. The minimum Gasteiger partial charge on any atom is -0.475 e. The van der Waals surface area contributed by atoms with Gasteiger partial charge in [-0.2, -0.15) is 36.5 Å². The van der Waals surface area contributed by atoms with Gasteiger partial charge in [-0.1, -0.05) is 60.7 Å². The Bertz CT molecular complexity index is 1370. The molecule has 3 rings (SSSR count). The maximum absolute atomic E-state index is 12.5. The zero-order valence-corrected chi connectivity index (χ0v) is 21.2. The summed E-state index contributed by atoms with van der Waals surface area (Å²) in [6.07, 6.45) is -7.04. The Hall–Kier alpha value is -5.41. The maximum Gasteiger partial charge on any atom is 0.490 e. The number of aliphatic carboxylic acids is 2. The number of amides is 1. The number of nitrogens with zero attached hydrogens (tertiary/aromatic N) is 2. The molecule has 16 heteroatoms. The number of carbonyl (C=O) groups excluding carboxylic acids is 1. The Labute approximate surface area is 234 Å². The normalized spacial score (nSPS) is 11.2. The average Bonchev–Trinajstić information content (AvgIpc) is 2.93. The van der Waals surface area contributed by atoms with Crippen LogP contribution >= 0.6 is 0 Å². The molecular weight excluding hydrogens is 576 g/mol. The van der Waals surface area contributed by atoms with Crippen molar-refractivity contribution in [3.8, 4) is 11.1 Å². The van der Waals surface area contributed by atoms with Crippen LogP contribution in [0.25, 0.3) is 11.1 Å². The van der Waals surface area contributed by atoms with Crippen molar-refractivity contribution in [2.24, 2.45) is 21.9 Å². The number of carbonyl (C=O) groups is 3. The molecule has 0 aromatic heterocycles. The molecule has 0 atom stereocenters. The van der Waals surface area contributed by atoms with Crippen molar-refractivity contribution >= 4 is 30.3 Å². The second-order valence-electron chi connectivity index (χ2n) is 7.75. The molecule has 10 nitrogen and oxygen atoms in total. The van der Waals surface area contributed by atoms with Gasteiger partial charge in [-0.3, -0.25) is 4.79 Å². The first-order chi connectivity index (χ1) is 19.6. The summed E-state index contributed by atoms with van der Waals surface area (Å²) >= 11 is 0. The molecule has 0 heterocycles. The Morgan fingerprint density at radius 2 is 1.12 bits per heavy atom. The number of nitrogens with two attached hydrogens (primary N) is 2. The Kier molecular flexibility index (Phi) is 13.2. The van der Waals surface area contributed by atoms with E-state index in [0.717, 1.165) is 27.8 Å². The van der Waals surface area contributed by atoms with Gasteiger partial charge in [0.15, 0.2) is 0 Å². The van der Waals surface area contributed by atoms with Crippen LogP contribution in [0, 0.1) is 0 Å². The minimum atomic E-state index is -5.08. The first-order valence-corrected chi connectivity index (χ1v) is 11.2. The molecule has 0 aliphatic heterocycles. The number of hydrogen-bond donors (Lipinski definition) is 5. The molecule has 0 unspecified atom stereocenters. The van der Waals surface area contributed by atoms with E-state index in [9.17, 15) is 31.1 Å². The van der Waals surface area contributed by atoms with Crippen molar-refractivity contribution in [3.05, 3.63) is 95.1 Å². The zero-order chi connectivity index (χ0) is 31.9. The lowest BCUT2D eigenvalue weighted by Crippen LogP contribution is -2.23. The molecule has 0 bridgehead atoms. The number of halogens is 6. The van der Waals surface area contributed by atoms with Gasteiger partial charge in [0.2, 0.25) is 0 Å². The molecule has 224 valence electrons. The summed E-state index contributed by atoms with van der Waals surface area (Å²) in [4.78, 5) is 30.2. The van der Waals surface area contributed by atoms with E-state index in [2.05, 4.69) is 15.5 Å². The van der Waals surface area contributed by atoms with Gasteiger partial charge in [0, 0.05) is 12.1 Å². The smallest absolute Gasteiger partial charge is 0.475 e. The molecule has 3 aromatic carbocycles. The molecule has 0 aliphatic carbocycles. The second-order valence-corrected chi connectivity index (χ2v) is 7.75. The molecule has 1 amide bonds. The second kappa shape index (κ2) is 16.0. The predicted octanol–water partition coefficient (Wildman–Crippen LogP) is 4.14. The first kappa shape index (κ1) is 34.6. The molecule has 7 N–H and O–H groups in total. The Morgan fingerprint density at radius 3 is 1.52 bits per heavy atom. The van der Waals surface area contributed by atoms with Gasteiger partial charge in [0.25, 0.3) is 5.91 Å². The van der Waals surface area contributed by atoms with Crippen LogP contribution in [-0.2, 0) is 16.1 Å². The number of nitrogens with one attached hydrogen (secondary N) is 1. The minimum absolute atomic E-state index is 0.138. The van der Waals surface area contributed by atoms with Crippen LogP contribution in [0.5, 0.6) is 0 Å². The zero-order valence-electron chi connectivity index (χ0n) is 21.2. The number of hydrogen-bond acceptors (Lipinski definition) is 7. The van der Waals surface area contributed by atoms with Crippen molar-refractivity contribution in [2.75, 3.05) is 0 Å². The van der Waals surface area contributed by atoms with E-state index in [0.29, 0.717) is 12.1 Å². The van der Waals surface area contributed by atoms with Crippen molar-refractivity contribution < 1.29 is 50.9 Å². The SMILES string of the molecule is NN=Cc1ccc(C(=O)NCc2ccccc2-c2ccc(C=NN)cc2)cc1.O=C(O)C(F)(F)F.O=C(O)C(F)(F)F. The highest BCUT2D eigenvalue weighted by molar-refractivity contribution is 5.95. The molecule has 3 aromatic rings. The van der Waals surface area contributed by atoms with E-state index in [1.807, 2.05) is 48.5 Å².